The average Bonchev–Trinajstić information content (AvgIpc) is 2.92. The largest absolute Gasteiger partial charge is 0.396 e. The Morgan fingerprint density at radius 3 is 2.73 bits per heavy atom. The normalized spacial score (nSPS) is 29.7. The summed E-state index contributed by atoms with van der Waals surface area (Å²) in [6.45, 7) is 7.66. The average molecular weight is 311 g/mol. The van der Waals surface area contributed by atoms with E-state index in [0.29, 0.717) is 12.0 Å². The van der Waals surface area contributed by atoms with E-state index >= 15 is 0 Å². The summed E-state index contributed by atoms with van der Waals surface area (Å²) in [7, 11) is 0. The Morgan fingerprint density at radius 2 is 2.00 bits per heavy atom. The van der Waals surface area contributed by atoms with Gasteiger partial charge < -0.3 is 15.7 Å². The Labute approximate surface area is 134 Å². The molecule has 5 heteroatoms. The molecule has 2 fully saturated rings. The summed E-state index contributed by atoms with van der Waals surface area (Å²) in [5.41, 5.74) is 0. The molecule has 0 aromatic heterocycles. The minimum absolute atomic E-state index is 0.0678. The van der Waals surface area contributed by atoms with Crippen molar-refractivity contribution in [3.8, 4) is 0 Å². The van der Waals surface area contributed by atoms with Crippen molar-refractivity contribution in [1.82, 2.24) is 15.5 Å². The molecule has 0 aromatic rings. The molecule has 1 saturated carbocycles. The summed E-state index contributed by atoms with van der Waals surface area (Å²) in [5, 5.41) is 15.5. The van der Waals surface area contributed by atoms with Crippen molar-refractivity contribution in [3.63, 3.8) is 0 Å². The lowest BCUT2D eigenvalue weighted by Gasteiger charge is -2.31. The number of aliphatic hydroxyl groups is 1. The molecule has 0 radical (unpaired) electrons. The van der Waals surface area contributed by atoms with Crippen molar-refractivity contribution in [3.05, 3.63) is 0 Å². The molecule has 1 saturated heterocycles. The summed E-state index contributed by atoms with van der Waals surface area (Å²) in [4.78, 5) is 14.6. The molecule has 0 bridgehead atoms. The number of likely N-dealkylation sites (tertiary alicyclic amines) is 1. The molecule has 5 nitrogen and oxygen atoms in total. The number of nitrogens with zero attached hydrogens (tertiary/aromatic N) is 1. The van der Waals surface area contributed by atoms with Crippen molar-refractivity contribution in [2.45, 2.75) is 64.5 Å². The molecule has 0 spiro atoms. The number of carbonyl (C=O) groups is 1. The molecular formula is C17H33N3O2. The Morgan fingerprint density at radius 1 is 1.23 bits per heavy atom. The van der Waals surface area contributed by atoms with Gasteiger partial charge in [0, 0.05) is 37.7 Å². The number of nitrogens with one attached hydrogen (secondary N) is 2. The molecule has 2 unspecified atom stereocenters. The third-order valence-electron chi connectivity index (χ3n) is 5.06. The summed E-state index contributed by atoms with van der Waals surface area (Å²) < 4.78 is 0. The fourth-order valence-electron chi connectivity index (χ4n) is 3.88. The molecule has 2 rings (SSSR count). The van der Waals surface area contributed by atoms with Gasteiger partial charge in [-0.25, -0.2) is 4.79 Å². The number of hydrogen-bond donors (Lipinski definition) is 3. The second kappa shape index (κ2) is 8.73. The monoisotopic (exact) mass is 311 g/mol. The van der Waals surface area contributed by atoms with E-state index in [4.69, 9.17) is 0 Å². The van der Waals surface area contributed by atoms with E-state index < -0.39 is 0 Å². The second-order valence-electron chi connectivity index (χ2n) is 7.37. The highest BCUT2D eigenvalue weighted by Crippen LogP contribution is 2.24. The van der Waals surface area contributed by atoms with Crippen LogP contribution >= 0.6 is 0 Å². The van der Waals surface area contributed by atoms with Crippen LogP contribution in [-0.2, 0) is 0 Å². The third-order valence-corrected chi connectivity index (χ3v) is 5.06. The highest BCUT2D eigenvalue weighted by Gasteiger charge is 2.27. The van der Waals surface area contributed by atoms with Crippen molar-refractivity contribution in [2.24, 2.45) is 11.8 Å². The summed E-state index contributed by atoms with van der Waals surface area (Å²) >= 11 is 0. The van der Waals surface area contributed by atoms with E-state index in [0.717, 1.165) is 45.3 Å². The van der Waals surface area contributed by atoms with Crippen LogP contribution in [0.2, 0.25) is 0 Å². The van der Waals surface area contributed by atoms with Gasteiger partial charge in [-0.2, -0.15) is 0 Å². The van der Waals surface area contributed by atoms with Crippen LogP contribution in [0, 0.1) is 11.8 Å². The molecule has 22 heavy (non-hydrogen) atoms. The van der Waals surface area contributed by atoms with Gasteiger partial charge in [-0.05, 0) is 38.1 Å². The molecule has 128 valence electrons. The van der Waals surface area contributed by atoms with Gasteiger partial charge in [-0.15, -0.1) is 0 Å². The van der Waals surface area contributed by atoms with Gasteiger partial charge in [0.05, 0.1) is 0 Å². The van der Waals surface area contributed by atoms with Crippen molar-refractivity contribution >= 4 is 6.03 Å². The maximum Gasteiger partial charge on any atom is 0.315 e. The Kier molecular flexibility index (Phi) is 6.96. The second-order valence-corrected chi connectivity index (χ2v) is 7.37. The van der Waals surface area contributed by atoms with Gasteiger partial charge >= 0.3 is 6.03 Å². The summed E-state index contributed by atoms with van der Waals surface area (Å²) in [5.74, 6) is 0.894. The van der Waals surface area contributed by atoms with E-state index in [1.807, 2.05) is 0 Å². The highest BCUT2D eigenvalue weighted by molar-refractivity contribution is 5.74. The maximum absolute atomic E-state index is 12.1. The van der Waals surface area contributed by atoms with E-state index in [2.05, 4.69) is 29.4 Å². The molecule has 0 aromatic carbocycles. The zero-order valence-electron chi connectivity index (χ0n) is 14.2. The van der Waals surface area contributed by atoms with Crippen molar-refractivity contribution in [1.29, 1.82) is 0 Å². The predicted octanol–water partition coefficient (Wildman–Crippen LogP) is 1.96. The van der Waals surface area contributed by atoms with Gasteiger partial charge in [-0.1, -0.05) is 26.7 Å². The van der Waals surface area contributed by atoms with Gasteiger partial charge in [0.25, 0.3) is 0 Å². The topological polar surface area (TPSA) is 64.6 Å². The number of urea groups is 1. The predicted molar refractivity (Wildman–Crippen MR) is 88.8 cm³/mol. The minimum Gasteiger partial charge on any atom is -0.396 e. The van der Waals surface area contributed by atoms with Crippen LogP contribution in [0.15, 0.2) is 0 Å². The molecule has 2 amide bonds. The first kappa shape index (κ1) is 17.5. The van der Waals surface area contributed by atoms with Crippen LogP contribution in [0.25, 0.3) is 0 Å². The molecule has 3 atom stereocenters. The number of carbonyl (C=O) groups excluding carboxylic acids is 1. The maximum atomic E-state index is 12.1. The van der Waals surface area contributed by atoms with E-state index in [1.54, 1.807) is 0 Å². The van der Waals surface area contributed by atoms with Crippen LogP contribution in [-0.4, -0.2) is 54.4 Å². The zero-order valence-corrected chi connectivity index (χ0v) is 14.2. The fraction of sp³-hybridized carbons (Fsp3) is 0.941. The molecular weight excluding hydrogens is 278 g/mol. The van der Waals surface area contributed by atoms with Crippen LogP contribution in [0.1, 0.15) is 52.4 Å². The van der Waals surface area contributed by atoms with Gasteiger partial charge in [0.2, 0.25) is 0 Å². The van der Waals surface area contributed by atoms with Gasteiger partial charge in [-0.3, -0.25) is 4.90 Å². The van der Waals surface area contributed by atoms with Crippen molar-refractivity contribution < 1.29 is 9.90 Å². The van der Waals surface area contributed by atoms with Crippen LogP contribution in [0.5, 0.6) is 0 Å². The van der Waals surface area contributed by atoms with Gasteiger partial charge in [0.1, 0.15) is 0 Å². The van der Waals surface area contributed by atoms with Crippen LogP contribution in [0.4, 0.5) is 4.79 Å². The zero-order chi connectivity index (χ0) is 15.9. The lowest BCUT2D eigenvalue weighted by molar-refractivity contribution is 0.152. The Bertz CT molecular complexity index is 349. The molecule has 3 N–H and O–H groups in total. The number of amides is 2. The first-order chi connectivity index (χ1) is 10.6. The van der Waals surface area contributed by atoms with Gasteiger partial charge in [0.15, 0.2) is 0 Å². The Hall–Kier alpha value is -0.810. The smallest absolute Gasteiger partial charge is 0.315 e. The minimum atomic E-state index is -0.0678. The first-order valence-corrected chi connectivity index (χ1v) is 8.99. The SMILES string of the molecule is CC(C)CN1CCC[C@@H]1CNC(=O)NC1CCCCC1CO. The van der Waals surface area contributed by atoms with Crippen LogP contribution in [0.3, 0.4) is 0 Å². The number of rotatable bonds is 6. The number of hydrogen-bond acceptors (Lipinski definition) is 3. The number of aliphatic hydroxyl groups excluding tert-OH is 1. The lowest BCUT2D eigenvalue weighted by atomic mass is 9.85. The molecule has 1 heterocycles. The standard InChI is InChI=1S/C17H33N3O2/c1-13(2)11-20-9-5-7-15(20)10-18-17(22)19-16-8-4-3-6-14(16)12-21/h13-16,21H,3-12H2,1-2H3,(H2,18,19,22)/t14?,15-,16?/m1/s1. The molecule has 1 aliphatic heterocycles. The lowest BCUT2D eigenvalue weighted by Crippen LogP contribution is -2.50. The first-order valence-electron chi connectivity index (χ1n) is 8.99. The van der Waals surface area contributed by atoms with E-state index in [9.17, 15) is 9.90 Å². The summed E-state index contributed by atoms with van der Waals surface area (Å²) in [6, 6.07) is 0.545. The van der Waals surface area contributed by atoms with E-state index in [-0.39, 0.29) is 24.6 Å². The summed E-state index contributed by atoms with van der Waals surface area (Å²) in [6.07, 6.45) is 6.73. The fourth-order valence-corrected chi connectivity index (χ4v) is 3.88. The Balaban J connectivity index is 1.72. The van der Waals surface area contributed by atoms with Crippen molar-refractivity contribution in [2.75, 3.05) is 26.2 Å². The van der Waals surface area contributed by atoms with Crippen LogP contribution < -0.4 is 10.6 Å². The molecule has 1 aliphatic carbocycles. The third kappa shape index (κ3) is 5.13. The van der Waals surface area contributed by atoms with E-state index in [1.165, 1.54) is 12.8 Å². The quantitative estimate of drug-likeness (QED) is 0.702. The highest BCUT2D eigenvalue weighted by atomic mass is 16.3. The molecule has 2 aliphatic rings.